The summed E-state index contributed by atoms with van der Waals surface area (Å²) in [5.41, 5.74) is -0.475. The standard InChI is InChI=1S/C13H23N3O/c1-6-9-16-10-8-14-12(16)11(17)13(3,7-2)15(4)5/h8,10H,6-7,9H2,1-5H3. The van der Waals surface area contributed by atoms with Gasteiger partial charge >= 0.3 is 0 Å². The van der Waals surface area contributed by atoms with E-state index in [9.17, 15) is 4.79 Å². The van der Waals surface area contributed by atoms with E-state index in [1.807, 2.05) is 43.6 Å². The molecule has 0 aliphatic rings. The summed E-state index contributed by atoms with van der Waals surface area (Å²) in [5.74, 6) is 0.674. The van der Waals surface area contributed by atoms with Crippen molar-refractivity contribution < 1.29 is 4.79 Å². The zero-order valence-corrected chi connectivity index (χ0v) is 11.5. The number of aromatic nitrogens is 2. The zero-order chi connectivity index (χ0) is 13.1. The number of hydrogen-bond acceptors (Lipinski definition) is 3. The Hall–Kier alpha value is -1.16. The Balaban J connectivity index is 3.06. The molecule has 96 valence electrons. The van der Waals surface area contributed by atoms with Crippen LogP contribution in [0.15, 0.2) is 12.4 Å². The van der Waals surface area contributed by atoms with Gasteiger partial charge in [0.25, 0.3) is 0 Å². The summed E-state index contributed by atoms with van der Waals surface area (Å²) in [6, 6.07) is 0. The minimum atomic E-state index is -0.475. The van der Waals surface area contributed by atoms with Gasteiger partial charge in [0.05, 0.1) is 5.54 Å². The first-order chi connectivity index (χ1) is 7.97. The van der Waals surface area contributed by atoms with E-state index >= 15 is 0 Å². The number of rotatable bonds is 6. The second-order valence-electron chi connectivity index (χ2n) is 4.80. The topological polar surface area (TPSA) is 38.1 Å². The fraction of sp³-hybridized carbons (Fsp3) is 0.692. The van der Waals surface area contributed by atoms with Gasteiger partial charge in [-0.15, -0.1) is 0 Å². The van der Waals surface area contributed by atoms with Crippen LogP contribution < -0.4 is 0 Å². The molecule has 0 N–H and O–H groups in total. The molecular formula is C13H23N3O. The van der Waals surface area contributed by atoms with Crippen LogP contribution in [0.5, 0.6) is 0 Å². The molecule has 0 spiro atoms. The van der Waals surface area contributed by atoms with Gasteiger partial charge in [-0.3, -0.25) is 9.69 Å². The van der Waals surface area contributed by atoms with Gasteiger partial charge in [-0.05, 0) is 33.9 Å². The van der Waals surface area contributed by atoms with E-state index in [0.717, 1.165) is 19.4 Å². The SMILES string of the molecule is CCCn1ccnc1C(=O)C(C)(CC)N(C)C. The highest BCUT2D eigenvalue weighted by atomic mass is 16.1. The fourth-order valence-corrected chi connectivity index (χ4v) is 1.86. The maximum Gasteiger partial charge on any atom is 0.218 e. The second kappa shape index (κ2) is 5.45. The molecule has 0 aliphatic heterocycles. The molecule has 0 saturated carbocycles. The Morgan fingerprint density at radius 1 is 1.47 bits per heavy atom. The molecule has 0 aliphatic carbocycles. The van der Waals surface area contributed by atoms with Crippen LogP contribution in [-0.2, 0) is 6.54 Å². The normalized spacial score (nSPS) is 14.9. The lowest BCUT2D eigenvalue weighted by Crippen LogP contribution is -2.48. The summed E-state index contributed by atoms with van der Waals surface area (Å²) in [6.45, 7) is 6.94. The van der Waals surface area contributed by atoms with Crippen LogP contribution in [0, 0.1) is 0 Å². The molecule has 0 bridgehead atoms. The molecule has 1 aromatic heterocycles. The van der Waals surface area contributed by atoms with E-state index in [0.29, 0.717) is 5.82 Å². The molecule has 1 heterocycles. The molecule has 0 aromatic carbocycles. The summed E-state index contributed by atoms with van der Waals surface area (Å²) < 4.78 is 1.94. The third-order valence-electron chi connectivity index (χ3n) is 3.55. The number of ketones is 1. The Kier molecular flexibility index (Phi) is 4.46. The molecule has 1 atom stereocenters. The lowest BCUT2D eigenvalue weighted by molar-refractivity contribution is 0.0694. The maximum atomic E-state index is 12.6. The van der Waals surface area contributed by atoms with Gasteiger partial charge in [-0.25, -0.2) is 4.98 Å². The first-order valence-corrected chi connectivity index (χ1v) is 6.20. The predicted octanol–water partition coefficient (Wildman–Crippen LogP) is 2.21. The number of carbonyl (C=O) groups is 1. The van der Waals surface area contributed by atoms with Crippen LogP contribution in [0.3, 0.4) is 0 Å². The number of aryl methyl sites for hydroxylation is 1. The smallest absolute Gasteiger partial charge is 0.218 e. The highest BCUT2D eigenvalue weighted by Crippen LogP contribution is 2.21. The summed E-state index contributed by atoms with van der Waals surface area (Å²) >= 11 is 0. The van der Waals surface area contributed by atoms with Crippen LogP contribution in [0.4, 0.5) is 0 Å². The van der Waals surface area contributed by atoms with Crippen molar-refractivity contribution in [2.24, 2.45) is 0 Å². The summed E-state index contributed by atoms with van der Waals surface area (Å²) in [7, 11) is 3.88. The molecule has 1 unspecified atom stereocenters. The molecule has 0 radical (unpaired) electrons. The molecule has 4 heteroatoms. The van der Waals surface area contributed by atoms with E-state index in [2.05, 4.69) is 11.9 Å². The Labute approximate surface area is 104 Å². The maximum absolute atomic E-state index is 12.6. The van der Waals surface area contributed by atoms with Crippen molar-refractivity contribution in [1.29, 1.82) is 0 Å². The van der Waals surface area contributed by atoms with E-state index in [4.69, 9.17) is 0 Å². The van der Waals surface area contributed by atoms with Crippen molar-refractivity contribution in [2.45, 2.75) is 45.7 Å². The number of carbonyl (C=O) groups excluding carboxylic acids is 1. The van der Waals surface area contributed by atoms with Crippen molar-refractivity contribution in [3.63, 3.8) is 0 Å². The largest absolute Gasteiger partial charge is 0.328 e. The van der Waals surface area contributed by atoms with Gasteiger partial charge in [0.15, 0.2) is 5.82 Å². The van der Waals surface area contributed by atoms with Gasteiger partial charge in [-0.2, -0.15) is 0 Å². The quantitative estimate of drug-likeness (QED) is 0.712. The van der Waals surface area contributed by atoms with Crippen LogP contribution >= 0.6 is 0 Å². The summed E-state index contributed by atoms with van der Waals surface area (Å²) in [5, 5.41) is 0. The minimum Gasteiger partial charge on any atom is -0.328 e. The first kappa shape index (κ1) is 13.9. The van der Waals surface area contributed by atoms with E-state index in [1.165, 1.54) is 0 Å². The lowest BCUT2D eigenvalue weighted by atomic mass is 9.91. The summed E-state index contributed by atoms with van der Waals surface area (Å²) in [4.78, 5) is 18.8. The number of likely N-dealkylation sites (N-methyl/N-ethyl adjacent to an activating group) is 1. The van der Waals surface area contributed by atoms with E-state index in [-0.39, 0.29) is 5.78 Å². The number of nitrogens with zero attached hydrogens (tertiary/aromatic N) is 3. The van der Waals surface area contributed by atoms with E-state index < -0.39 is 5.54 Å². The molecule has 0 amide bonds. The van der Waals surface area contributed by atoms with Crippen LogP contribution in [0.25, 0.3) is 0 Å². The van der Waals surface area contributed by atoms with Crippen molar-refractivity contribution in [2.75, 3.05) is 14.1 Å². The molecule has 0 fully saturated rings. The molecule has 1 aromatic rings. The van der Waals surface area contributed by atoms with Gasteiger partial charge in [-0.1, -0.05) is 13.8 Å². The highest BCUT2D eigenvalue weighted by molar-refractivity contribution is 6.00. The van der Waals surface area contributed by atoms with Crippen molar-refractivity contribution in [3.8, 4) is 0 Å². The monoisotopic (exact) mass is 237 g/mol. The third-order valence-corrected chi connectivity index (χ3v) is 3.55. The number of hydrogen-bond donors (Lipinski definition) is 0. The first-order valence-electron chi connectivity index (χ1n) is 6.20. The molecular weight excluding hydrogens is 214 g/mol. The van der Waals surface area contributed by atoms with Crippen molar-refractivity contribution in [1.82, 2.24) is 14.5 Å². The van der Waals surface area contributed by atoms with Crippen LogP contribution in [0.2, 0.25) is 0 Å². The summed E-state index contributed by atoms with van der Waals surface area (Å²) in [6.07, 6.45) is 5.36. The van der Waals surface area contributed by atoms with Gasteiger partial charge in [0, 0.05) is 18.9 Å². The zero-order valence-electron chi connectivity index (χ0n) is 11.5. The lowest BCUT2D eigenvalue weighted by Gasteiger charge is -2.33. The van der Waals surface area contributed by atoms with Gasteiger partial charge < -0.3 is 4.57 Å². The Morgan fingerprint density at radius 3 is 2.59 bits per heavy atom. The highest BCUT2D eigenvalue weighted by Gasteiger charge is 2.36. The Bertz CT molecular complexity index is 384. The minimum absolute atomic E-state index is 0.100. The predicted molar refractivity (Wildman–Crippen MR) is 69.2 cm³/mol. The fourth-order valence-electron chi connectivity index (χ4n) is 1.86. The average Bonchev–Trinajstić information content (AvgIpc) is 2.75. The molecule has 4 nitrogen and oxygen atoms in total. The van der Waals surface area contributed by atoms with Gasteiger partial charge in [0.1, 0.15) is 0 Å². The number of Topliss-reactive ketones (excluding diaryl/α,β-unsaturated/α-hetero) is 1. The number of imidazole rings is 1. The van der Waals surface area contributed by atoms with Crippen molar-refractivity contribution in [3.05, 3.63) is 18.2 Å². The third kappa shape index (κ3) is 2.57. The van der Waals surface area contributed by atoms with Gasteiger partial charge in [0.2, 0.25) is 5.78 Å². The second-order valence-corrected chi connectivity index (χ2v) is 4.80. The van der Waals surface area contributed by atoms with Crippen LogP contribution in [0.1, 0.15) is 44.2 Å². The molecule has 0 saturated heterocycles. The Morgan fingerprint density at radius 2 is 2.12 bits per heavy atom. The molecule has 17 heavy (non-hydrogen) atoms. The van der Waals surface area contributed by atoms with Crippen LogP contribution in [-0.4, -0.2) is 39.9 Å². The van der Waals surface area contributed by atoms with E-state index in [1.54, 1.807) is 6.20 Å². The average molecular weight is 237 g/mol. The molecule has 1 rings (SSSR count). The van der Waals surface area contributed by atoms with Crippen molar-refractivity contribution >= 4 is 5.78 Å².